The third-order valence-electron chi connectivity index (χ3n) is 7.08. The summed E-state index contributed by atoms with van der Waals surface area (Å²) in [5, 5.41) is 0. The number of rotatable bonds is 5. The van der Waals surface area contributed by atoms with E-state index in [1.165, 1.54) is 24.0 Å². The number of aromatic nitrogens is 1. The Morgan fingerprint density at radius 3 is 2.50 bits per heavy atom. The van der Waals surface area contributed by atoms with Gasteiger partial charge >= 0.3 is 0 Å². The molecular formula is C29H32FNO. The summed E-state index contributed by atoms with van der Waals surface area (Å²) in [6, 6.07) is 16.3. The number of hydrogen-bond acceptors (Lipinski definition) is 2. The summed E-state index contributed by atoms with van der Waals surface area (Å²) in [6.07, 6.45) is 6.99. The molecule has 1 fully saturated rings. The summed E-state index contributed by atoms with van der Waals surface area (Å²) in [5.41, 5.74) is 6.07. The Kier molecular flexibility index (Phi) is 5.75. The zero-order chi connectivity index (χ0) is 22.2. The third kappa shape index (κ3) is 4.30. The maximum Gasteiger partial charge on any atom is 0.130 e. The van der Waals surface area contributed by atoms with Crippen LogP contribution in [0.15, 0.2) is 54.7 Å². The Hall–Kier alpha value is -2.68. The molecule has 0 amide bonds. The van der Waals surface area contributed by atoms with Crippen LogP contribution in [0.25, 0.3) is 11.1 Å². The van der Waals surface area contributed by atoms with Gasteiger partial charge in [-0.05, 0) is 103 Å². The van der Waals surface area contributed by atoms with Crippen LogP contribution in [0.1, 0.15) is 73.9 Å². The van der Waals surface area contributed by atoms with Crippen molar-refractivity contribution in [2.75, 3.05) is 0 Å². The highest BCUT2D eigenvalue weighted by Gasteiger charge is 2.35. The molecule has 1 aliphatic carbocycles. The van der Waals surface area contributed by atoms with Crippen molar-refractivity contribution in [1.82, 2.24) is 4.98 Å². The first kappa shape index (κ1) is 21.2. The zero-order valence-corrected chi connectivity index (χ0v) is 19.3. The molecule has 1 aliphatic heterocycles. The van der Waals surface area contributed by atoms with Crippen LogP contribution in [0, 0.1) is 24.6 Å². The van der Waals surface area contributed by atoms with E-state index in [9.17, 15) is 0 Å². The molecule has 0 bridgehead atoms. The van der Waals surface area contributed by atoms with Crippen LogP contribution in [-0.2, 0) is 6.42 Å². The Balaban J connectivity index is 1.43. The molecule has 32 heavy (non-hydrogen) atoms. The van der Waals surface area contributed by atoms with E-state index in [0.717, 1.165) is 47.8 Å². The second-order valence-corrected chi connectivity index (χ2v) is 9.90. The fourth-order valence-corrected chi connectivity index (χ4v) is 5.35. The molecule has 5 rings (SSSR count). The highest BCUT2D eigenvalue weighted by molar-refractivity contribution is 5.64. The van der Waals surface area contributed by atoms with Crippen molar-refractivity contribution in [3.8, 4) is 16.9 Å². The van der Waals surface area contributed by atoms with Crippen LogP contribution < -0.4 is 4.74 Å². The van der Waals surface area contributed by atoms with Gasteiger partial charge in [-0.1, -0.05) is 38.1 Å². The van der Waals surface area contributed by atoms with Gasteiger partial charge in [-0.2, -0.15) is 0 Å². The van der Waals surface area contributed by atoms with Crippen molar-refractivity contribution < 1.29 is 9.13 Å². The van der Waals surface area contributed by atoms with Crippen molar-refractivity contribution in [2.24, 2.45) is 11.8 Å². The van der Waals surface area contributed by atoms with Gasteiger partial charge in [0.05, 0.1) is 0 Å². The second-order valence-electron chi connectivity index (χ2n) is 9.90. The van der Waals surface area contributed by atoms with Gasteiger partial charge in [-0.15, -0.1) is 0 Å². The maximum absolute atomic E-state index is 15.3. The number of pyridine rings is 1. The Morgan fingerprint density at radius 2 is 1.78 bits per heavy atom. The average Bonchev–Trinajstić information content (AvgIpc) is 3.60. The van der Waals surface area contributed by atoms with Gasteiger partial charge in [0.2, 0.25) is 0 Å². The molecule has 0 saturated heterocycles. The normalized spacial score (nSPS) is 19.2. The predicted molar refractivity (Wildman–Crippen MR) is 127 cm³/mol. The SMILES string of the molecule is Cc1cc(-c2ccc(C3CCCc4ccc([C@@H](C(C)C)C5CC5)cc4O3)c(F)c2)ccn1. The van der Waals surface area contributed by atoms with Gasteiger partial charge in [0.1, 0.15) is 17.7 Å². The summed E-state index contributed by atoms with van der Waals surface area (Å²) in [7, 11) is 0. The minimum absolute atomic E-state index is 0.195. The molecule has 2 nitrogen and oxygen atoms in total. The van der Waals surface area contributed by atoms with Gasteiger partial charge in [0, 0.05) is 17.5 Å². The molecule has 0 spiro atoms. The number of aryl methyl sites for hydroxylation is 2. The molecule has 2 aliphatic rings. The summed E-state index contributed by atoms with van der Waals surface area (Å²) in [6.45, 7) is 6.59. The molecule has 0 N–H and O–H groups in total. The summed E-state index contributed by atoms with van der Waals surface area (Å²) in [4.78, 5) is 4.24. The summed E-state index contributed by atoms with van der Waals surface area (Å²) < 4.78 is 21.8. The lowest BCUT2D eigenvalue weighted by Gasteiger charge is -2.24. The van der Waals surface area contributed by atoms with E-state index in [0.29, 0.717) is 17.4 Å². The van der Waals surface area contributed by atoms with E-state index >= 15 is 4.39 Å². The standard InChI is InChI=1S/C29H32FNO/c1-18(2)29(21-8-9-21)24-10-7-20-5-4-6-27(32-28(20)17-24)25-12-11-22(16-26(25)30)23-13-14-31-19(3)15-23/h7,10-18,21,27,29H,4-6,8-9H2,1-3H3/t27?,29-/m0/s1. The van der Waals surface area contributed by atoms with Crippen molar-refractivity contribution in [2.45, 2.75) is 64.9 Å². The molecule has 3 aromatic rings. The number of halogens is 1. The van der Waals surface area contributed by atoms with Crippen LogP contribution >= 0.6 is 0 Å². The number of benzene rings is 2. The largest absolute Gasteiger partial charge is 0.485 e. The molecule has 166 valence electrons. The molecule has 2 aromatic carbocycles. The number of fused-ring (bicyclic) bond motifs is 1. The maximum atomic E-state index is 15.3. The zero-order valence-electron chi connectivity index (χ0n) is 19.3. The fourth-order valence-electron chi connectivity index (χ4n) is 5.35. The molecule has 0 radical (unpaired) electrons. The first-order chi connectivity index (χ1) is 15.5. The quantitative estimate of drug-likeness (QED) is 0.413. The molecule has 2 atom stereocenters. The Morgan fingerprint density at radius 1 is 0.969 bits per heavy atom. The van der Waals surface area contributed by atoms with Crippen LogP contribution in [0.3, 0.4) is 0 Å². The third-order valence-corrected chi connectivity index (χ3v) is 7.08. The van der Waals surface area contributed by atoms with Crippen molar-refractivity contribution in [1.29, 1.82) is 0 Å². The highest BCUT2D eigenvalue weighted by Crippen LogP contribution is 2.48. The molecule has 1 aromatic heterocycles. The lowest BCUT2D eigenvalue weighted by Crippen LogP contribution is -2.11. The van der Waals surface area contributed by atoms with E-state index < -0.39 is 0 Å². The topological polar surface area (TPSA) is 22.1 Å². The van der Waals surface area contributed by atoms with Gasteiger partial charge in [0.25, 0.3) is 0 Å². The Bertz CT molecular complexity index is 1120. The number of hydrogen-bond donors (Lipinski definition) is 0. The number of ether oxygens (including phenoxy) is 1. The minimum atomic E-state index is -0.252. The summed E-state index contributed by atoms with van der Waals surface area (Å²) >= 11 is 0. The first-order valence-corrected chi connectivity index (χ1v) is 12.0. The lowest BCUT2D eigenvalue weighted by atomic mass is 9.84. The Labute approximate surface area is 190 Å². The van der Waals surface area contributed by atoms with Crippen LogP contribution in [-0.4, -0.2) is 4.98 Å². The molecule has 1 saturated carbocycles. The summed E-state index contributed by atoms with van der Waals surface area (Å²) in [5.74, 6) is 2.76. The van der Waals surface area contributed by atoms with Crippen LogP contribution in [0.4, 0.5) is 4.39 Å². The second kappa shape index (κ2) is 8.69. The van der Waals surface area contributed by atoms with E-state index in [2.05, 4.69) is 37.0 Å². The van der Waals surface area contributed by atoms with Crippen LogP contribution in [0.5, 0.6) is 5.75 Å². The molecule has 2 heterocycles. The van der Waals surface area contributed by atoms with E-state index in [1.54, 1.807) is 12.3 Å². The molecule has 1 unspecified atom stereocenters. The fraction of sp³-hybridized carbons (Fsp3) is 0.414. The van der Waals surface area contributed by atoms with Gasteiger partial charge in [0.15, 0.2) is 0 Å². The lowest BCUT2D eigenvalue weighted by molar-refractivity contribution is 0.194. The van der Waals surface area contributed by atoms with Crippen molar-refractivity contribution in [3.05, 3.63) is 82.9 Å². The average molecular weight is 430 g/mol. The van der Waals surface area contributed by atoms with E-state index in [1.807, 2.05) is 31.2 Å². The van der Waals surface area contributed by atoms with Gasteiger partial charge in [-0.25, -0.2) is 4.39 Å². The van der Waals surface area contributed by atoms with Crippen molar-refractivity contribution in [3.63, 3.8) is 0 Å². The smallest absolute Gasteiger partial charge is 0.130 e. The van der Waals surface area contributed by atoms with E-state index in [-0.39, 0.29) is 11.9 Å². The van der Waals surface area contributed by atoms with E-state index in [4.69, 9.17) is 4.74 Å². The predicted octanol–water partition coefficient (Wildman–Crippen LogP) is 7.80. The molecule has 3 heteroatoms. The monoisotopic (exact) mass is 429 g/mol. The minimum Gasteiger partial charge on any atom is -0.485 e. The van der Waals surface area contributed by atoms with Crippen LogP contribution in [0.2, 0.25) is 0 Å². The highest BCUT2D eigenvalue weighted by atomic mass is 19.1. The van der Waals surface area contributed by atoms with Gasteiger partial charge in [-0.3, -0.25) is 4.98 Å². The van der Waals surface area contributed by atoms with Crippen molar-refractivity contribution >= 4 is 0 Å². The first-order valence-electron chi connectivity index (χ1n) is 12.0. The molecular weight excluding hydrogens is 397 g/mol. The van der Waals surface area contributed by atoms with Gasteiger partial charge < -0.3 is 4.74 Å². The number of nitrogens with zero attached hydrogens (tertiary/aromatic N) is 1.